The topological polar surface area (TPSA) is 0 Å². The summed E-state index contributed by atoms with van der Waals surface area (Å²) in [6.45, 7) is 4.47. The SMILES string of the molecule is [C]#CC1=CC=C[CH]C1=[Si](CC)CC. The molecule has 0 N–H and O–H groups in total. The second-order valence-corrected chi connectivity index (χ2v) is 6.14. The van der Waals surface area contributed by atoms with E-state index >= 15 is 0 Å². The Kier molecular flexibility index (Phi) is 3.92. The summed E-state index contributed by atoms with van der Waals surface area (Å²) in [5.74, 6) is 2.52. The maximum atomic E-state index is 7.19. The predicted molar refractivity (Wildman–Crippen MR) is 60.4 cm³/mol. The Hall–Kier alpha value is -0.873. The zero-order chi connectivity index (χ0) is 9.68. The van der Waals surface area contributed by atoms with Crippen molar-refractivity contribution >= 4 is 13.6 Å². The van der Waals surface area contributed by atoms with Gasteiger partial charge in [0, 0.05) is 20.4 Å². The van der Waals surface area contributed by atoms with Crippen LogP contribution in [-0.4, -0.2) is 13.6 Å². The van der Waals surface area contributed by atoms with E-state index in [1.54, 1.807) is 0 Å². The first-order chi connectivity index (χ1) is 6.33. The molecule has 1 aliphatic rings. The van der Waals surface area contributed by atoms with Gasteiger partial charge in [-0.3, -0.25) is 0 Å². The quantitative estimate of drug-likeness (QED) is 0.459. The van der Waals surface area contributed by atoms with Gasteiger partial charge < -0.3 is 0 Å². The van der Waals surface area contributed by atoms with Crippen molar-refractivity contribution in [2.75, 3.05) is 0 Å². The van der Waals surface area contributed by atoms with E-state index in [0.29, 0.717) is 0 Å². The fourth-order valence-corrected chi connectivity index (χ4v) is 3.65. The molecule has 0 amide bonds. The molecule has 0 saturated heterocycles. The summed E-state index contributed by atoms with van der Waals surface area (Å²) >= 11 is 0. The van der Waals surface area contributed by atoms with Crippen LogP contribution in [0.1, 0.15) is 13.8 Å². The van der Waals surface area contributed by atoms with Crippen molar-refractivity contribution in [3.05, 3.63) is 36.6 Å². The Balaban J connectivity index is 3.05. The van der Waals surface area contributed by atoms with Gasteiger partial charge in [-0.1, -0.05) is 31.9 Å². The molecule has 0 aliphatic heterocycles. The average Bonchev–Trinajstić information content (AvgIpc) is 2.20. The van der Waals surface area contributed by atoms with Crippen LogP contribution in [0.5, 0.6) is 0 Å². The molecule has 0 spiro atoms. The van der Waals surface area contributed by atoms with Crippen molar-refractivity contribution in [3.8, 4) is 5.92 Å². The highest BCUT2D eigenvalue weighted by Gasteiger charge is 2.09. The number of hydrogen-bond donors (Lipinski definition) is 0. The van der Waals surface area contributed by atoms with E-state index in [0.717, 1.165) is 5.57 Å². The molecule has 0 aromatic rings. The lowest BCUT2D eigenvalue weighted by Crippen LogP contribution is -2.17. The molecule has 0 nitrogen and oxygen atoms in total. The van der Waals surface area contributed by atoms with Gasteiger partial charge in [-0.25, -0.2) is 0 Å². The fraction of sp³-hybridized carbons (Fsp3) is 0.333. The van der Waals surface area contributed by atoms with Crippen molar-refractivity contribution < 1.29 is 0 Å². The highest BCUT2D eigenvalue weighted by atomic mass is 28.2. The summed E-state index contributed by atoms with van der Waals surface area (Å²) in [7, 11) is -0.425. The van der Waals surface area contributed by atoms with Gasteiger partial charge in [0.1, 0.15) is 0 Å². The van der Waals surface area contributed by atoms with Crippen LogP contribution in [0.25, 0.3) is 0 Å². The predicted octanol–water partition coefficient (Wildman–Crippen LogP) is 2.57. The second-order valence-electron chi connectivity index (χ2n) is 2.98. The third kappa shape index (κ3) is 2.29. The molecule has 0 fully saturated rings. The fourth-order valence-electron chi connectivity index (χ4n) is 1.53. The highest BCUT2D eigenvalue weighted by Crippen LogP contribution is 2.10. The Morgan fingerprint density at radius 3 is 2.54 bits per heavy atom. The van der Waals surface area contributed by atoms with Gasteiger partial charge in [0.05, 0.1) is 0 Å². The molecule has 0 atom stereocenters. The highest BCUT2D eigenvalue weighted by molar-refractivity contribution is 6.75. The van der Waals surface area contributed by atoms with Crippen LogP contribution in [0.15, 0.2) is 23.8 Å². The van der Waals surface area contributed by atoms with Crippen molar-refractivity contribution in [3.63, 3.8) is 0 Å². The number of rotatable bonds is 2. The maximum Gasteiger partial charge on any atom is 0.0246 e. The van der Waals surface area contributed by atoms with E-state index in [1.807, 2.05) is 12.2 Å². The molecule has 1 aliphatic carbocycles. The third-order valence-corrected chi connectivity index (χ3v) is 5.20. The molecular weight excluding hydrogens is 172 g/mol. The van der Waals surface area contributed by atoms with Gasteiger partial charge in [0.15, 0.2) is 0 Å². The minimum Gasteiger partial charge on any atom is -0.0764 e. The van der Waals surface area contributed by atoms with Crippen molar-refractivity contribution in [2.45, 2.75) is 25.9 Å². The van der Waals surface area contributed by atoms with Crippen molar-refractivity contribution in [2.24, 2.45) is 0 Å². The first-order valence-corrected chi connectivity index (χ1v) is 6.61. The van der Waals surface area contributed by atoms with E-state index in [2.05, 4.69) is 32.3 Å². The first kappa shape index (κ1) is 10.2. The Bertz CT molecular complexity index is 305. The first-order valence-electron chi connectivity index (χ1n) is 4.70. The van der Waals surface area contributed by atoms with Crippen LogP contribution in [0.4, 0.5) is 0 Å². The summed E-state index contributed by atoms with van der Waals surface area (Å²) in [4.78, 5) is 0. The van der Waals surface area contributed by atoms with Crippen LogP contribution in [0.2, 0.25) is 12.1 Å². The van der Waals surface area contributed by atoms with Gasteiger partial charge in [0.25, 0.3) is 0 Å². The molecule has 66 valence electrons. The van der Waals surface area contributed by atoms with E-state index in [-0.39, 0.29) is 0 Å². The maximum absolute atomic E-state index is 7.19. The Morgan fingerprint density at radius 2 is 2.00 bits per heavy atom. The summed E-state index contributed by atoms with van der Waals surface area (Å²) < 4.78 is 0. The standard InChI is InChI=1S/C12H14Si/c1-4-11-9-7-8-10-12(11)13(5-2)6-3/h7-10H,5-6H2,2-3H3. The van der Waals surface area contributed by atoms with Gasteiger partial charge in [-0.05, 0) is 29.8 Å². The smallest absolute Gasteiger partial charge is 0.0246 e. The summed E-state index contributed by atoms with van der Waals surface area (Å²) in [5.41, 5.74) is 0.986. The molecule has 1 rings (SSSR count). The van der Waals surface area contributed by atoms with Crippen LogP contribution in [0, 0.1) is 18.8 Å². The van der Waals surface area contributed by atoms with E-state index < -0.39 is 8.41 Å². The van der Waals surface area contributed by atoms with Crippen molar-refractivity contribution in [1.82, 2.24) is 0 Å². The molecule has 0 saturated carbocycles. The minimum atomic E-state index is -0.425. The van der Waals surface area contributed by atoms with Gasteiger partial charge in [0.2, 0.25) is 0 Å². The van der Waals surface area contributed by atoms with Gasteiger partial charge in [-0.15, -0.1) is 0 Å². The normalized spacial score (nSPS) is 15.2. The molecule has 1 heteroatoms. The van der Waals surface area contributed by atoms with Crippen molar-refractivity contribution in [1.29, 1.82) is 0 Å². The van der Waals surface area contributed by atoms with Gasteiger partial charge in [-0.2, -0.15) is 0 Å². The average molecular weight is 186 g/mol. The molecule has 0 unspecified atom stereocenters. The third-order valence-electron chi connectivity index (χ3n) is 2.30. The second kappa shape index (κ2) is 4.99. The summed E-state index contributed by atoms with van der Waals surface area (Å²) in [6, 6.07) is 2.47. The monoisotopic (exact) mass is 186 g/mol. The molecule has 0 heterocycles. The molecule has 0 aromatic heterocycles. The minimum absolute atomic E-state index is 0.425. The van der Waals surface area contributed by atoms with E-state index in [9.17, 15) is 0 Å². The lowest BCUT2D eigenvalue weighted by Gasteiger charge is -2.12. The molecule has 13 heavy (non-hydrogen) atoms. The molecule has 2 radical (unpaired) electrons. The van der Waals surface area contributed by atoms with Crippen LogP contribution in [0.3, 0.4) is 0 Å². The zero-order valence-electron chi connectivity index (χ0n) is 8.22. The molecule has 0 bridgehead atoms. The van der Waals surface area contributed by atoms with E-state index in [4.69, 9.17) is 6.42 Å². The lowest BCUT2D eigenvalue weighted by molar-refractivity contribution is 1.35. The number of hydrogen-bond acceptors (Lipinski definition) is 0. The molecule has 0 aromatic carbocycles. The Labute approximate surface area is 82.6 Å². The van der Waals surface area contributed by atoms with Crippen LogP contribution in [-0.2, 0) is 0 Å². The van der Waals surface area contributed by atoms with Crippen LogP contribution >= 0.6 is 0 Å². The van der Waals surface area contributed by atoms with Gasteiger partial charge >= 0.3 is 0 Å². The Morgan fingerprint density at radius 1 is 1.31 bits per heavy atom. The van der Waals surface area contributed by atoms with Crippen LogP contribution < -0.4 is 0 Å². The van der Waals surface area contributed by atoms with E-state index in [1.165, 1.54) is 17.3 Å². The summed E-state index contributed by atoms with van der Waals surface area (Å²) in [5, 5.41) is 1.37. The number of allylic oxidation sites excluding steroid dienone is 4. The summed E-state index contributed by atoms with van der Waals surface area (Å²) in [6.07, 6.45) is 15.4. The largest absolute Gasteiger partial charge is 0.0764 e. The molecular formula is C12H14Si. The lowest BCUT2D eigenvalue weighted by atomic mass is 10.1. The zero-order valence-corrected chi connectivity index (χ0v) is 9.22.